The minimum atomic E-state index is -0.816. The summed E-state index contributed by atoms with van der Waals surface area (Å²) in [5.74, 6) is -0.304. The highest BCUT2D eigenvalue weighted by atomic mass is 16.6. The van der Waals surface area contributed by atoms with Crippen LogP contribution >= 0.6 is 0 Å². The second kappa shape index (κ2) is 3.44. The number of aliphatic hydroxyl groups is 1. The van der Waals surface area contributed by atoms with Gasteiger partial charge in [-0.1, -0.05) is 6.42 Å². The third-order valence-electron chi connectivity index (χ3n) is 2.40. The first-order valence-electron chi connectivity index (χ1n) is 4.42. The smallest absolute Gasteiger partial charge is 0.303 e. The van der Waals surface area contributed by atoms with Crippen molar-refractivity contribution >= 4 is 5.97 Å². The number of rotatable bonds is 1. The number of esters is 1. The fourth-order valence-corrected chi connectivity index (χ4v) is 1.67. The Morgan fingerprint density at radius 3 is 2.75 bits per heavy atom. The molecule has 0 unspecified atom stereocenters. The molecule has 1 aliphatic rings. The fourth-order valence-electron chi connectivity index (χ4n) is 1.67. The molecular weight excluding hydrogens is 156 g/mol. The summed E-state index contributed by atoms with van der Waals surface area (Å²) in [6.45, 7) is 3.12. The van der Waals surface area contributed by atoms with E-state index >= 15 is 0 Å². The van der Waals surface area contributed by atoms with Gasteiger partial charge in [0.1, 0.15) is 6.10 Å². The van der Waals surface area contributed by atoms with Crippen LogP contribution < -0.4 is 0 Å². The van der Waals surface area contributed by atoms with Gasteiger partial charge in [0.2, 0.25) is 0 Å². The van der Waals surface area contributed by atoms with Crippen LogP contribution in [0.5, 0.6) is 0 Å². The van der Waals surface area contributed by atoms with Crippen molar-refractivity contribution in [2.24, 2.45) is 0 Å². The Morgan fingerprint density at radius 1 is 1.58 bits per heavy atom. The lowest BCUT2D eigenvalue weighted by Gasteiger charge is -2.35. The van der Waals surface area contributed by atoms with Crippen LogP contribution in [0.25, 0.3) is 0 Å². The number of hydrogen-bond donors (Lipinski definition) is 1. The summed E-state index contributed by atoms with van der Waals surface area (Å²) in [6, 6.07) is 0. The molecule has 1 fully saturated rings. The average molecular weight is 172 g/mol. The van der Waals surface area contributed by atoms with E-state index in [0.717, 1.165) is 25.7 Å². The molecule has 70 valence electrons. The number of ether oxygens (including phenoxy) is 1. The maximum absolute atomic E-state index is 10.7. The van der Waals surface area contributed by atoms with E-state index in [0.29, 0.717) is 0 Å². The van der Waals surface area contributed by atoms with Crippen LogP contribution in [0.3, 0.4) is 0 Å². The highest BCUT2D eigenvalue weighted by Gasteiger charge is 2.36. The molecule has 1 aliphatic carbocycles. The van der Waals surface area contributed by atoms with E-state index in [-0.39, 0.29) is 12.1 Å². The summed E-state index contributed by atoms with van der Waals surface area (Å²) < 4.78 is 5.02. The Labute approximate surface area is 72.7 Å². The predicted molar refractivity (Wildman–Crippen MR) is 44.6 cm³/mol. The Balaban J connectivity index is 2.54. The summed E-state index contributed by atoms with van der Waals surface area (Å²) >= 11 is 0. The normalized spacial score (nSPS) is 36.1. The van der Waals surface area contributed by atoms with Crippen molar-refractivity contribution in [2.45, 2.75) is 51.2 Å². The summed E-state index contributed by atoms with van der Waals surface area (Å²) in [4.78, 5) is 10.7. The average Bonchev–Trinajstić information content (AvgIpc) is 1.92. The second-order valence-electron chi connectivity index (χ2n) is 3.70. The van der Waals surface area contributed by atoms with Gasteiger partial charge >= 0.3 is 5.97 Å². The van der Waals surface area contributed by atoms with Crippen LogP contribution in [-0.2, 0) is 9.53 Å². The molecule has 0 saturated heterocycles. The molecule has 0 aromatic rings. The zero-order chi connectivity index (χ0) is 9.19. The van der Waals surface area contributed by atoms with Gasteiger partial charge in [-0.25, -0.2) is 0 Å². The molecule has 0 amide bonds. The van der Waals surface area contributed by atoms with Crippen molar-refractivity contribution in [1.29, 1.82) is 0 Å². The van der Waals surface area contributed by atoms with Gasteiger partial charge in [0.25, 0.3) is 0 Å². The molecule has 0 heterocycles. The molecule has 1 saturated carbocycles. The zero-order valence-corrected chi connectivity index (χ0v) is 7.67. The van der Waals surface area contributed by atoms with E-state index in [2.05, 4.69) is 0 Å². The first kappa shape index (κ1) is 9.52. The van der Waals surface area contributed by atoms with E-state index in [4.69, 9.17) is 4.74 Å². The van der Waals surface area contributed by atoms with Crippen molar-refractivity contribution in [3.63, 3.8) is 0 Å². The predicted octanol–water partition coefficient (Wildman–Crippen LogP) is 1.24. The third kappa shape index (κ3) is 2.21. The van der Waals surface area contributed by atoms with Gasteiger partial charge in [-0.15, -0.1) is 0 Å². The van der Waals surface area contributed by atoms with E-state index in [1.54, 1.807) is 6.92 Å². The quantitative estimate of drug-likeness (QED) is 0.605. The molecular formula is C9H16O3. The van der Waals surface area contributed by atoms with Gasteiger partial charge in [0.15, 0.2) is 0 Å². The van der Waals surface area contributed by atoms with Crippen LogP contribution in [0, 0.1) is 0 Å². The Morgan fingerprint density at radius 2 is 2.25 bits per heavy atom. The van der Waals surface area contributed by atoms with Gasteiger partial charge in [-0.3, -0.25) is 4.79 Å². The molecule has 3 heteroatoms. The molecule has 3 nitrogen and oxygen atoms in total. The second-order valence-corrected chi connectivity index (χ2v) is 3.70. The van der Waals surface area contributed by atoms with Crippen molar-refractivity contribution in [3.8, 4) is 0 Å². The highest BCUT2D eigenvalue weighted by molar-refractivity contribution is 5.66. The minimum Gasteiger partial charge on any atom is -0.460 e. The van der Waals surface area contributed by atoms with Crippen molar-refractivity contribution in [2.75, 3.05) is 0 Å². The SMILES string of the molecule is CC(=O)O[C@H]1CCCC[C@@]1(C)O. The molecule has 1 rings (SSSR count). The topological polar surface area (TPSA) is 46.5 Å². The van der Waals surface area contributed by atoms with Crippen molar-refractivity contribution in [1.82, 2.24) is 0 Å². The van der Waals surface area contributed by atoms with Gasteiger partial charge in [-0.2, -0.15) is 0 Å². The molecule has 0 spiro atoms. The van der Waals surface area contributed by atoms with Crippen molar-refractivity contribution < 1.29 is 14.6 Å². The minimum absolute atomic E-state index is 0.302. The molecule has 1 N–H and O–H groups in total. The maximum Gasteiger partial charge on any atom is 0.303 e. The molecule has 2 atom stereocenters. The third-order valence-corrected chi connectivity index (χ3v) is 2.40. The molecule has 12 heavy (non-hydrogen) atoms. The Kier molecular flexibility index (Phi) is 2.73. The van der Waals surface area contributed by atoms with E-state index in [9.17, 15) is 9.90 Å². The highest BCUT2D eigenvalue weighted by Crippen LogP contribution is 2.30. The molecule has 0 aromatic carbocycles. The lowest BCUT2D eigenvalue weighted by Crippen LogP contribution is -2.44. The van der Waals surface area contributed by atoms with Gasteiger partial charge < -0.3 is 9.84 Å². The van der Waals surface area contributed by atoms with Gasteiger partial charge in [-0.05, 0) is 26.2 Å². The molecule has 0 radical (unpaired) electrons. The first-order chi connectivity index (χ1) is 5.52. The Bertz CT molecular complexity index is 175. The lowest BCUT2D eigenvalue weighted by atomic mass is 9.84. The van der Waals surface area contributed by atoms with E-state index in [1.807, 2.05) is 0 Å². The first-order valence-corrected chi connectivity index (χ1v) is 4.42. The van der Waals surface area contributed by atoms with E-state index in [1.165, 1.54) is 6.92 Å². The summed E-state index contributed by atoms with van der Waals surface area (Å²) in [7, 11) is 0. The monoisotopic (exact) mass is 172 g/mol. The van der Waals surface area contributed by atoms with Gasteiger partial charge in [0.05, 0.1) is 5.60 Å². The Hall–Kier alpha value is -0.570. The maximum atomic E-state index is 10.7. The lowest BCUT2D eigenvalue weighted by molar-refractivity contribution is -0.166. The van der Waals surface area contributed by atoms with Crippen LogP contribution in [0.1, 0.15) is 39.5 Å². The van der Waals surface area contributed by atoms with Crippen LogP contribution in [-0.4, -0.2) is 22.8 Å². The number of carbonyl (C=O) groups excluding carboxylic acids is 1. The zero-order valence-electron chi connectivity index (χ0n) is 7.67. The largest absolute Gasteiger partial charge is 0.460 e. The summed E-state index contributed by atoms with van der Waals surface area (Å²) in [5.41, 5.74) is -0.816. The summed E-state index contributed by atoms with van der Waals surface area (Å²) in [6.07, 6.45) is 3.26. The molecule has 0 bridgehead atoms. The molecule has 0 aromatic heterocycles. The standard InChI is InChI=1S/C9H16O3/c1-7(10)12-8-5-3-4-6-9(8,2)11/h8,11H,3-6H2,1-2H3/t8-,9+/m0/s1. The van der Waals surface area contributed by atoms with Crippen LogP contribution in [0.2, 0.25) is 0 Å². The fraction of sp³-hybridized carbons (Fsp3) is 0.889. The summed E-state index contributed by atoms with van der Waals surface area (Å²) in [5, 5.41) is 9.81. The van der Waals surface area contributed by atoms with Crippen LogP contribution in [0.15, 0.2) is 0 Å². The molecule has 0 aliphatic heterocycles. The number of carbonyl (C=O) groups is 1. The van der Waals surface area contributed by atoms with Gasteiger partial charge in [0, 0.05) is 6.92 Å². The number of hydrogen-bond acceptors (Lipinski definition) is 3. The van der Waals surface area contributed by atoms with E-state index < -0.39 is 5.60 Å². The van der Waals surface area contributed by atoms with Crippen LogP contribution in [0.4, 0.5) is 0 Å². The van der Waals surface area contributed by atoms with Crippen molar-refractivity contribution in [3.05, 3.63) is 0 Å².